The lowest BCUT2D eigenvalue weighted by Crippen LogP contribution is -2.38. The average Bonchev–Trinajstić information content (AvgIpc) is 3.30. The van der Waals surface area contributed by atoms with Crippen LogP contribution in [0.1, 0.15) is 27.9 Å². The number of morpholine rings is 1. The van der Waals surface area contributed by atoms with Crippen molar-refractivity contribution >= 4 is 46.7 Å². The van der Waals surface area contributed by atoms with Gasteiger partial charge in [0.05, 0.1) is 18.1 Å². The van der Waals surface area contributed by atoms with Crippen LogP contribution in [0.15, 0.2) is 42.5 Å². The second-order valence-corrected chi connectivity index (χ2v) is 10.0. The van der Waals surface area contributed by atoms with E-state index < -0.39 is 11.9 Å². The van der Waals surface area contributed by atoms with Gasteiger partial charge in [0, 0.05) is 31.0 Å². The first-order valence-electron chi connectivity index (χ1n) is 12.7. The van der Waals surface area contributed by atoms with Crippen molar-refractivity contribution in [2.45, 2.75) is 20.3 Å². The zero-order valence-electron chi connectivity index (χ0n) is 22.0. The van der Waals surface area contributed by atoms with Crippen molar-refractivity contribution in [3.63, 3.8) is 0 Å². The Balaban J connectivity index is 1.37. The van der Waals surface area contributed by atoms with Gasteiger partial charge in [-0.05, 0) is 79.3 Å². The molecule has 1 fully saturated rings. The minimum atomic E-state index is -0.694. The summed E-state index contributed by atoms with van der Waals surface area (Å²) in [5, 5.41) is 11.1. The Bertz CT molecular complexity index is 1340. The topological polar surface area (TPSA) is 151 Å². The van der Waals surface area contributed by atoms with Crippen LogP contribution in [0.3, 0.4) is 0 Å². The van der Waals surface area contributed by atoms with Gasteiger partial charge < -0.3 is 26.4 Å². The molecule has 1 aromatic heterocycles. The van der Waals surface area contributed by atoms with E-state index in [1.165, 1.54) is 0 Å². The highest BCUT2D eigenvalue weighted by molar-refractivity contribution is 7.10. The molecule has 4 rings (SSSR count). The Labute approximate surface area is 231 Å². The Kier molecular flexibility index (Phi) is 9.47. The van der Waals surface area contributed by atoms with Crippen LogP contribution in [0.2, 0.25) is 0 Å². The molecular formula is C27H33N7O4S. The minimum Gasteiger partial charge on any atom is -0.379 e. The summed E-state index contributed by atoms with van der Waals surface area (Å²) in [6.07, 6.45) is 0.793. The molecule has 0 atom stereocenters. The lowest BCUT2D eigenvalue weighted by molar-refractivity contribution is 0.0375. The van der Waals surface area contributed by atoms with Crippen LogP contribution in [0.5, 0.6) is 0 Å². The second-order valence-electron chi connectivity index (χ2n) is 9.27. The largest absolute Gasteiger partial charge is 0.379 e. The molecule has 1 aliphatic heterocycles. The van der Waals surface area contributed by atoms with E-state index in [0.717, 1.165) is 67.5 Å². The molecule has 3 aromatic rings. The number of hydrogen-bond acceptors (Lipinski definition) is 7. The van der Waals surface area contributed by atoms with Gasteiger partial charge in [0.25, 0.3) is 5.91 Å². The number of aryl methyl sites for hydroxylation is 2. The minimum absolute atomic E-state index is 0.118. The third kappa shape index (κ3) is 7.76. The van der Waals surface area contributed by atoms with E-state index in [2.05, 4.69) is 30.5 Å². The summed E-state index contributed by atoms with van der Waals surface area (Å²) in [6.45, 7) is 8.42. The molecule has 2 heterocycles. The normalized spacial score (nSPS) is 13.5. The van der Waals surface area contributed by atoms with E-state index in [9.17, 15) is 14.4 Å². The highest BCUT2D eigenvalue weighted by atomic mass is 32.1. The summed E-state index contributed by atoms with van der Waals surface area (Å²) in [7, 11) is 0. The molecule has 2 aromatic carbocycles. The van der Waals surface area contributed by atoms with Gasteiger partial charge in [-0.1, -0.05) is 18.2 Å². The molecule has 6 N–H and O–H groups in total. The fourth-order valence-electron chi connectivity index (χ4n) is 4.28. The molecule has 0 radical (unpaired) electrons. The van der Waals surface area contributed by atoms with Gasteiger partial charge in [-0.2, -0.15) is 4.37 Å². The summed E-state index contributed by atoms with van der Waals surface area (Å²) in [4.78, 5) is 40.1. The van der Waals surface area contributed by atoms with Gasteiger partial charge in [-0.25, -0.2) is 9.59 Å². The summed E-state index contributed by atoms with van der Waals surface area (Å²) >= 11 is 1.07. The molecule has 39 heavy (non-hydrogen) atoms. The fourth-order valence-corrected chi connectivity index (χ4v) is 5.22. The Morgan fingerprint density at radius 2 is 1.74 bits per heavy atom. The maximum Gasteiger partial charge on any atom is 0.323 e. The number of nitrogens with two attached hydrogens (primary N) is 1. The predicted octanol–water partition coefficient (Wildman–Crippen LogP) is 4.01. The van der Waals surface area contributed by atoms with Crippen molar-refractivity contribution in [1.29, 1.82) is 0 Å². The molecule has 11 nitrogen and oxygen atoms in total. The predicted molar refractivity (Wildman–Crippen MR) is 154 cm³/mol. The number of aromatic nitrogens is 1. The van der Waals surface area contributed by atoms with E-state index >= 15 is 0 Å². The second kappa shape index (κ2) is 13.2. The number of anilines is 3. The van der Waals surface area contributed by atoms with Crippen LogP contribution >= 0.6 is 11.5 Å². The number of nitrogens with zero attached hydrogens (tertiary/aromatic N) is 2. The number of ether oxygens (including phenoxy) is 1. The van der Waals surface area contributed by atoms with Crippen LogP contribution in [-0.4, -0.2) is 66.6 Å². The van der Waals surface area contributed by atoms with Crippen molar-refractivity contribution in [3.05, 3.63) is 59.2 Å². The number of hydrogen-bond donors (Lipinski definition) is 5. The molecule has 0 unspecified atom stereocenters. The van der Waals surface area contributed by atoms with Gasteiger partial charge in [0.2, 0.25) is 0 Å². The van der Waals surface area contributed by atoms with E-state index in [-0.39, 0.29) is 17.4 Å². The number of carbonyl (C=O) groups is 3. The molecule has 5 amide bonds. The van der Waals surface area contributed by atoms with Crippen LogP contribution in [-0.2, 0) is 4.74 Å². The number of primary amides is 1. The zero-order chi connectivity index (χ0) is 27.8. The van der Waals surface area contributed by atoms with Crippen LogP contribution in [0.25, 0.3) is 10.4 Å². The van der Waals surface area contributed by atoms with Crippen molar-refractivity contribution in [3.8, 4) is 10.4 Å². The molecule has 0 bridgehead atoms. The number of nitrogens with one attached hydrogen (secondary N) is 4. The van der Waals surface area contributed by atoms with Gasteiger partial charge >= 0.3 is 12.1 Å². The van der Waals surface area contributed by atoms with Gasteiger partial charge in [0.1, 0.15) is 5.56 Å². The van der Waals surface area contributed by atoms with E-state index in [0.29, 0.717) is 22.8 Å². The van der Waals surface area contributed by atoms with Crippen molar-refractivity contribution < 1.29 is 19.1 Å². The molecule has 206 valence electrons. The summed E-state index contributed by atoms with van der Waals surface area (Å²) in [5.41, 5.74) is 9.67. The van der Waals surface area contributed by atoms with E-state index in [4.69, 9.17) is 10.5 Å². The third-order valence-corrected chi connectivity index (χ3v) is 7.10. The smallest absolute Gasteiger partial charge is 0.323 e. The third-order valence-electron chi connectivity index (χ3n) is 6.22. The van der Waals surface area contributed by atoms with Crippen LogP contribution in [0, 0.1) is 13.8 Å². The molecule has 0 saturated carbocycles. The number of amides is 5. The van der Waals surface area contributed by atoms with Crippen molar-refractivity contribution in [2.75, 3.05) is 55.3 Å². The molecule has 1 aliphatic rings. The first kappa shape index (κ1) is 28.0. The van der Waals surface area contributed by atoms with E-state index in [1.807, 2.05) is 38.1 Å². The summed E-state index contributed by atoms with van der Waals surface area (Å²) in [6, 6.07) is 12.0. The first-order chi connectivity index (χ1) is 18.8. The molecular weight excluding hydrogens is 518 g/mol. The van der Waals surface area contributed by atoms with Crippen LogP contribution < -0.4 is 27.0 Å². The average molecular weight is 552 g/mol. The van der Waals surface area contributed by atoms with Crippen molar-refractivity contribution in [2.24, 2.45) is 5.73 Å². The Hall–Kier alpha value is -4.00. The summed E-state index contributed by atoms with van der Waals surface area (Å²) < 4.78 is 9.63. The quantitative estimate of drug-likeness (QED) is 0.254. The van der Waals surface area contributed by atoms with Crippen LogP contribution in [0.4, 0.5) is 26.8 Å². The number of urea groups is 2. The van der Waals surface area contributed by atoms with Crippen molar-refractivity contribution in [1.82, 2.24) is 14.6 Å². The number of carbonyl (C=O) groups excluding carboxylic acids is 3. The SMILES string of the molecule is Cc1cccc(NC(=O)Nc2ccc(-c3snc(NC(=O)NCCCN4CCOCC4)c3C(N)=O)c(C)c2)c1. The van der Waals surface area contributed by atoms with E-state index in [1.54, 1.807) is 18.2 Å². The Morgan fingerprint density at radius 1 is 1.00 bits per heavy atom. The van der Waals surface area contributed by atoms with Gasteiger partial charge in [0.15, 0.2) is 5.82 Å². The van der Waals surface area contributed by atoms with Gasteiger partial charge in [-0.3, -0.25) is 15.0 Å². The zero-order valence-corrected chi connectivity index (χ0v) is 22.8. The number of rotatable bonds is 9. The molecule has 12 heteroatoms. The van der Waals surface area contributed by atoms with Gasteiger partial charge in [-0.15, -0.1) is 0 Å². The first-order valence-corrected chi connectivity index (χ1v) is 13.5. The maximum atomic E-state index is 12.5. The number of benzene rings is 2. The lowest BCUT2D eigenvalue weighted by Gasteiger charge is -2.26. The monoisotopic (exact) mass is 551 g/mol. The standard InChI is InChI=1S/C27H33N7O4S/c1-17-5-3-6-19(15-17)30-27(37)31-20-7-8-21(18(2)16-20)23-22(24(28)35)25(33-39-23)32-26(36)29-9-4-10-34-11-13-38-14-12-34/h3,5-8,15-16H,4,9-14H2,1-2H3,(H2,28,35)(H2,30,31,37)(H2,29,32,33,36). The maximum absolute atomic E-state index is 12.5. The Morgan fingerprint density at radius 3 is 2.44 bits per heavy atom. The summed E-state index contributed by atoms with van der Waals surface area (Å²) in [5.74, 6) is -0.576. The lowest BCUT2D eigenvalue weighted by atomic mass is 10.0. The molecule has 0 aliphatic carbocycles. The highest BCUT2D eigenvalue weighted by Crippen LogP contribution is 2.36. The highest BCUT2D eigenvalue weighted by Gasteiger charge is 2.23. The molecule has 0 spiro atoms. The fraction of sp³-hybridized carbons (Fsp3) is 0.333. The molecule has 1 saturated heterocycles.